The lowest BCUT2D eigenvalue weighted by Crippen LogP contribution is -2.45. The molecule has 24 heavy (non-hydrogen) atoms. The minimum atomic E-state index is -0.518. The SMILES string of the molecule is CC(C)(N)CNC(=O)c1cncc(-c2cc3cccc(F)c3[nH]2)n1. The molecule has 0 saturated carbocycles. The highest BCUT2D eigenvalue weighted by atomic mass is 19.1. The molecule has 2 aromatic heterocycles. The highest BCUT2D eigenvalue weighted by Gasteiger charge is 2.16. The molecule has 0 saturated heterocycles. The zero-order chi connectivity index (χ0) is 17.3. The maximum Gasteiger partial charge on any atom is 0.271 e. The number of hydrogen-bond donors (Lipinski definition) is 3. The molecule has 7 heteroatoms. The number of halogens is 1. The van der Waals surface area contributed by atoms with Crippen molar-refractivity contribution in [3.05, 3.63) is 48.2 Å². The number of aromatic nitrogens is 3. The molecule has 124 valence electrons. The van der Waals surface area contributed by atoms with Gasteiger partial charge < -0.3 is 16.0 Å². The molecule has 6 nitrogen and oxygen atoms in total. The predicted octanol–water partition coefficient (Wildman–Crippen LogP) is 2.23. The Morgan fingerprint density at radius 2 is 2.17 bits per heavy atom. The van der Waals surface area contributed by atoms with Crippen molar-refractivity contribution in [2.24, 2.45) is 5.73 Å². The van der Waals surface area contributed by atoms with Crippen LogP contribution in [0.25, 0.3) is 22.3 Å². The van der Waals surface area contributed by atoms with E-state index in [1.807, 2.05) is 13.8 Å². The number of para-hydroxylation sites is 1. The normalized spacial score (nSPS) is 11.7. The molecule has 1 amide bonds. The molecule has 0 bridgehead atoms. The second-order valence-electron chi connectivity index (χ2n) is 6.35. The van der Waals surface area contributed by atoms with Gasteiger partial charge in [0.15, 0.2) is 0 Å². The first-order valence-electron chi connectivity index (χ1n) is 7.50. The Kier molecular flexibility index (Phi) is 4.02. The molecule has 1 aromatic carbocycles. The van der Waals surface area contributed by atoms with Crippen LogP contribution in [0.3, 0.4) is 0 Å². The van der Waals surface area contributed by atoms with Gasteiger partial charge >= 0.3 is 0 Å². The quantitative estimate of drug-likeness (QED) is 0.684. The van der Waals surface area contributed by atoms with Gasteiger partial charge in [-0.25, -0.2) is 9.37 Å². The summed E-state index contributed by atoms with van der Waals surface area (Å²) in [6.45, 7) is 3.94. The number of carbonyl (C=O) groups is 1. The number of hydrogen-bond acceptors (Lipinski definition) is 4. The first kappa shape index (κ1) is 16.1. The van der Waals surface area contributed by atoms with Crippen molar-refractivity contribution in [1.29, 1.82) is 0 Å². The zero-order valence-electron chi connectivity index (χ0n) is 13.4. The number of rotatable bonds is 4. The topological polar surface area (TPSA) is 96.7 Å². The second kappa shape index (κ2) is 6.01. The number of carbonyl (C=O) groups excluding carboxylic acids is 1. The van der Waals surface area contributed by atoms with Gasteiger partial charge in [0, 0.05) is 17.5 Å². The van der Waals surface area contributed by atoms with Crippen molar-refractivity contribution in [3.63, 3.8) is 0 Å². The lowest BCUT2D eigenvalue weighted by molar-refractivity contribution is 0.0940. The molecular formula is C17H18FN5O. The lowest BCUT2D eigenvalue weighted by atomic mass is 10.1. The molecule has 0 atom stereocenters. The van der Waals surface area contributed by atoms with Gasteiger partial charge in [-0.2, -0.15) is 0 Å². The summed E-state index contributed by atoms with van der Waals surface area (Å²) in [5.41, 5.74) is 6.96. The Hall–Kier alpha value is -2.80. The Balaban J connectivity index is 1.89. The van der Waals surface area contributed by atoms with Gasteiger partial charge in [0.2, 0.25) is 0 Å². The summed E-state index contributed by atoms with van der Waals surface area (Å²) in [5.74, 6) is -0.698. The van der Waals surface area contributed by atoms with E-state index in [9.17, 15) is 9.18 Å². The maximum absolute atomic E-state index is 13.8. The molecule has 0 aliphatic heterocycles. The average molecular weight is 327 g/mol. The average Bonchev–Trinajstić information content (AvgIpc) is 2.98. The highest BCUT2D eigenvalue weighted by Crippen LogP contribution is 2.24. The number of amides is 1. The second-order valence-corrected chi connectivity index (χ2v) is 6.35. The smallest absolute Gasteiger partial charge is 0.271 e. The molecular weight excluding hydrogens is 309 g/mol. The Bertz CT molecular complexity index is 897. The monoisotopic (exact) mass is 327 g/mol. The minimum Gasteiger partial charge on any atom is -0.351 e. The highest BCUT2D eigenvalue weighted by molar-refractivity contribution is 5.92. The number of aromatic amines is 1. The fourth-order valence-corrected chi connectivity index (χ4v) is 2.26. The summed E-state index contributed by atoms with van der Waals surface area (Å²) in [6.07, 6.45) is 2.90. The van der Waals surface area contributed by atoms with Gasteiger partial charge in [-0.05, 0) is 26.0 Å². The third-order valence-electron chi connectivity index (χ3n) is 3.45. The first-order valence-corrected chi connectivity index (χ1v) is 7.50. The van der Waals surface area contributed by atoms with Crippen LogP contribution in [0.1, 0.15) is 24.3 Å². The third kappa shape index (κ3) is 3.41. The molecule has 2 heterocycles. The molecule has 0 radical (unpaired) electrons. The summed E-state index contributed by atoms with van der Waals surface area (Å²) in [5, 5.41) is 3.44. The number of H-pyrrole nitrogens is 1. The van der Waals surface area contributed by atoms with Crippen molar-refractivity contribution >= 4 is 16.8 Å². The van der Waals surface area contributed by atoms with E-state index in [4.69, 9.17) is 5.73 Å². The summed E-state index contributed by atoms with van der Waals surface area (Å²) < 4.78 is 13.8. The molecule has 0 spiro atoms. The maximum atomic E-state index is 13.8. The summed E-state index contributed by atoms with van der Waals surface area (Å²) in [6, 6.07) is 6.59. The van der Waals surface area contributed by atoms with Crippen LogP contribution in [0.15, 0.2) is 36.7 Å². The third-order valence-corrected chi connectivity index (χ3v) is 3.45. The molecule has 0 unspecified atom stereocenters. The molecule has 4 N–H and O–H groups in total. The first-order chi connectivity index (χ1) is 11.3. The van der Waals surface area contributed by atoms with Crippen molar-refractivity contribution < 1.29 is 9.18 Å². The number of benzene rings is 1. The van der Waals surface area contributed by atoms with Crippen molar-refractivity contribution in [3.8, 4) is 11.4 Å². The Labute approximate surface area is 138 Å². The lowest BCUT2D eigenvalue weighted by Gasteiger charge is -2.18. The van der Waals surface area contributed by atoms with Gasteiger partial charge in [0.25, 0.3) is 5.91 Å². The van der Waals surface area contributed by atoms with Crippen LogP contribution in [0.5, 0.6) is 0 Å². The van der Waals surface area contributed by atoms with E-state index >= 15 is 0 Å². The fraction of sp³-hybridized carbons (Fsp3) is 0.235. The molecule has 0 fully saturated rings. The van der Waals surface area contributed by atoms with E-state index in [0.717, 1.165) is 5.39 Å². The van der Waals surface area contributed by atoms with Crippen molar-refractivity contribution in [2.75, 3.05) is 6.54 Å². The number of nitrogens with zero attached hydrogens (tertiary/aromatic N) is 2. The summed E-state index contributed by atoms with van der Waals surface area (Å²) >= 11 is 0. The van der Waals surface area contributed by atoms with Gasteiger partial charge in [-0.3, -0.25) is 9.78 Å². The number of nitrogens with one attached hydrogen (secondary N) is 2. The molecule has 3 rings (SSSR count). The van der Waals surface area contributed by atoms with E-state index in [1.54, 1.807) is 18.2 Å². The van der Waals surface area contributed by atoms with Gasteiger partial charge in [-0.1, -0.05) is 12.1 Å². The summed E-state index contributed by atoms with van der Waals surface area (Å²) in [7, 11) is 0. The van der Waals surface area contributed by atoms with E-state index < -0.39 is 5.54 Å². The Morgan fingerprint density at radius 3 is 2.88 bits per heavy atom. The minimum absolute atomic E-state index is 0.177. The van der Waals surface area contributed by atoms with E-state index in [2.05, 4.69) is 20.3 Å². The van der Waals surface area contributed by atoms with E-state index in [0.29, 0.717) is 23.4 Å². The van der Waals surface area contributed by atoms with Gasteiger partial charge in [-0.15, -0.1) is 0 Å². The van der Waals surface area contributed by atoms with Crippen molar-refractivity contribution in [1.82, 2.24) is 20.3 Å². The summed E-state index contributed by atoms with van der Waals surface area (Å²) in [4.78, 5) is 23.5. The van der Waals surface area contributed by atoms with Gasteiger partial charge in [0.1, 0.15) is 17.2 Å². The van der Waals surface area contributed by atoms with Crippen molar-refractivity contribution in [2.45, 2.75) is 19.4 Å². The van der Waals surface area contributed by atoms with Crippen LogP contribution in [0.4, 0.5) is 4.39 Å². The van der Waals surface area contributed by atoms with Crippen LogP contribution >= 0.6 is 0 Å². The number of fused-ring (bicyclic) bond motifs is 1. The zero-order valence-corrected chi connectivity index (χ0v) is 13.4. The van der Waals surface area contributed by atoms with Crippen LogP contribution in [0.2, 0.25) is 0 Å². The van der Waals surface area contributed by atoms with Crippen LogP contribution < -0.4 is 11.1 Å². The molecule has 0 aliphatic carbocycles. The van der Waals surface area contributed by atoms with Crippen LogP contribution in [0, 0.1) is 5.82 Å². The fourth-order valence-electron chi connectivity index (χ4n) is 2.26. The number of nitrogens with two attached hydrogens (primary N) is 1. The molecule has 3 aromatic rings. The van der Waals surface area contributed by atoms with Gasteiger partial charge in [0.05, 0.1) is 23.6 Å². The van der Waals surface area contributed by atoms with E-state index in [-0.39, 0.29) is 17.4 Å². The van der Waals surface area contributed by atoms with Crippen LogP contribution in [-0.4, -0.2) is 32.9 Å². The predicted molar refractivity (Wildman–Crippen MR) is 89.9 cm³/mol. The van der Waals surface area contributed by atoms with E-state index in [1.165, 1.54) is 18.5 Å². The Morgan fingerprint density at radius 1 is 1.38 bits per heavy atom. The largest absolute Gasteiger partial charge is 0.351 e. The van der Waals surface area contributed by atoms with Crippen LogP contribution in [-0.2, 0) is 0 Å². The standard InChI is InChI=1S/C17H18FN5O/c1-17(2,19)9-21-16(24)14-8-20-7-13(22-14)12-6-10-4-3-5-11(18)15(10)23-12/h3-8,23H,9,19H2,1-2H3,(H,21,24). The molecule has 0 aliphatic rings.